The molecular weight excluding hydrogens is 382 g/mol. The number of amides is 1. The molecule has 6 heteroatoms. The molecule has 0 radical (unpaired) electrons. The lowest BCUT2D eigenvalue weighted by molar-refractivity contribution is -0.150. The first-order valence-corrected chi connectivity index (χ1v) is 9.40. The van der Waals surface area contributed by atoms with E-state index in [0.29, 0.717) is 23.4 Å². The van der Waals surface area contributed by atoms with E-state index in [0.717, 1.165) is 5.56 Å². The largest absolute Gasteiger partial charge is 0.482 e. The molecule has 3 rings (SSSR count). The Bertz CT molecular complexity index is 985. The summed E-state index contributed by atoms with van der Waals surface area (Å²) in [6.45, 7) is -0.348. The van der Waals surface area contributed by atoms with E-state index >= 15 is 0 Å². The third kappa shape index (κ3) is 6.31. The molecule has 0 aromatic heterocycles. The van der Waals surface area contributed by atoms with E-state index in [9.17, 15) is 14.4 Å². The van der Waals surface area contributed by atoms with Crippen LogP contribution in [0.4, 0.5) is 0 Å². The summed E-state index contributed by atoms with van der Waals surface area (Å²) in [7, 11) is 0. The molecule has 0 aliphatic rings. The zero-order valence-electron chi connectivity index (χ0n) is 16.2. The summed E-state index contributed by atoms with van der Waals surface area (Å²) >= 11 is 0. The van der Waals surface area contributed by atoms with Gasteiger partial charge >= 0.3 is 5.97 Å². The minimum absolute atomic E-state index is 0.0944. The second-order valence-corrected chi connectivity index (χ2v) is 6.43. The number of carbonyl (C=O) groups is 3. The van der Waals surface area contributed by atoms with Gasteiger partial charge in [-0.1, -0.05) is 60.7 Å². The van der Waals surface area contributed by atoms with Crippen molar-refractivity contribution in [3.63, 3.8) is 0 Å². The van der Waals surface area contributed by atoms with Gasteiger partial charge in [0.25, 0.3) is 5.91 Å². The Labute approximate surface area is 174 Å². The molecule has 0 bridgehead atoms. The van der Waals surface area contributed by atoms with Gasteiger partial charge in [-0.05, 0) is 29.8 Å². The van der Waals surface area contributed by atoms with Crippen molar-refractivity contribution in [2.75, 3.05) is 13.2 Å². The van der Waals surface area contributed by atoms with Crippen LogP contribution in [0.5, 0.6) is 5.75 Å². The summed E-state index contributed by atoms with van der Waals surface area (Å²) < 4.78 is 10.3. The molecular formula is C24H21NO5. The van der Waals surface area contributed by atoms with Crippen LogP contribution in [0, 0.1) is 0 Å². The number of rotatable bonds is 9. The van der Waals surface area contributed by atoms with Crippen LogP contribution in [0.2, 0.25) is 0 Å². The van der Waals surface area contributed by atoms with Crippen molar-refractivity contribution >= 4 is 17.7 Å². The molecule has 0 heterocycles. The summed E-state index contributed by atoms with van der Waals surface area (Å²) in [5, 5.41) is 2.67. The van der Waals surface area contributed by atoms with E-state index in [1.165, 1.54) is 0 Å². The second kappa shape index (κ2) is 10.6. The number of nitrogens with one attached hydrogen (secondary N) is 1. The van der Waals surface area contributed by atoms with Gasteiger partial charge in [-0.25, -0.2) is 4.79 Å². The third-order valence-electron chi connectivity index (χ3n) is 4.21. The van der Waals surface area contributed by atoms with Crippen molar-refractivity contribution in [3.8, 4) is 5.75 Å². The average molecular weight is 403 g/mol. The van der Waals surface area contributed by atoms with Gasteiger partial charge in [0.15, 0.2) is 19.0 Å². The summed E-state index contributed by atoms with van der Waals surface area (Å²) in [6.07, 6.45) is 0. The monoisotopic (exact) mass is 403 g/mol. The average Bonchev–Trinajstić information content (AvgIpc) is 2.81. The fraction of sp³-hybridized carbons (Fsp3) is 0.125. The number of carbonyl (C=O) groups excluding carboxylic acids is 3. The van der Waals surface area contributed by atoms with Gasteiger partial charge in [0.2, 0.25) is 0 Å². The second-order valence-electron chi connectivity index (χ2n) is 6.43. The minimum atomic E-state index is -0.658. The smallest absolute Gasteiger partial charge is 0.344 e. The summed E-state index contributed by atoms with van der Waals surface area (Å²) in [5.74, 6) is -0.724. The minimum Gasteiger partial charge on any atom is -0.482 e. The Hall–Kier alpha value is -3.93. The van der Waals surface area contributed by atoms with Crippen molar-refractivity contribution in [1.82, 2.24) is 5.32 Å². The lowest BCUT2D eigenvalue weighted by Gasteiger charge is -2.08. The SMILES string of the molecule is O=C(COC(=O)COc1ccc(C(=O)c2ccccc2)cc1)NCc1ccccc1. The lowest BCUT2D eigenvalue weighted by Crippen LogP contribution is -2.29. The molecule has 0 saturated carbocycles. The third-order valence-corrected chi connectivity index (χ3v) is 4.21. The number of hydrogen-bond acceptors (Lipinski definition) is 5. The van der Waals surface area contributed by atoms with Gasteiger partial charge in [-0.15, -0.1) is 0 Å². The molecule has 152 valence electrons. The number of esters is 1. The Morgan fingerprint density at radius 2 is 1.30 bits per heavy atom. The normalized spacial score (nSPS) is 10.1. The fourth-order valence-electron chi connectivity index (χ4n) is 2.64. The van der Waals surface area contributed by atoms with Gasteiger partial charge in [-0.2, -0.15) is 0 Å². The van der Waals surface area contributed by atoms with Crippen LogP contribution in [0.3, 0.4) is 0 Å². The Morgan fingerprint density at radius 3 is 1.97 bits per heavy atom. The maximum absolute atomic E-state index is 12.4. The standard InChI is InChI=1S/C24H21NO5/c26-22(25-15-18-7-3-1-4-8-18)16-30-23(27)17-29-21-13-11-20(12-14-21)24(28)19-9-5-2-6-10-19/h1-14H,15-17H2,(H,25,26). The fourth-order valence-corrected chi connectivity index (χ4v) is 2.64. The first kappa shape index (κ1) is 20.8. The van der Waals surface area contributed by atoms with Gasteiger partial charge in [0.05, 0.1) is 0 Å². The van der Waals surface area contributed by atoms with Crippen LogP contribution in [0.15, 0.2) is 84.9 Å². The van der Waals surface area contributed by atoms with E-state index < -0.39 is 11.9 Å². The molecule has 0 aliphatic heterocycles. The zero-order chi connectivity index (χ0) is 21.2. The van der Waals surface area contributed by atoms with Crippen LogP contribution in [-0.2, 0) is 20.9 Å². The molecule has 30 heavy (non-hydrogen) atoms. The molecule has 0 spiro atoms. The number of ketones is 1. The Morgan fingerprint density at radius 1 is 0.700 bits per heavy atom. The number of benzene rings is 3. The molecule has 3 aromatic rings. The molecule has 1 N–H and O–H groups in total. The van der Waals surface area contributed by atoms with E-state index in [2.05, 4.69) is 5.32 Å². The van der Waals surface area contributed by atoms with E-state index in [4.69, 9.17) is 9.47 Å². The first-order chi connectivity index (χ1) is 14.6. The van der Waals surface area contributed by atoms with Gasteiger partial charge in [-0.3, -0.25) is 9.59 Å². The zero-order valence-corrected chi connectivity index (χ0v) is 16.2. The van der Waals surface area contributed by atoms with Crippen LogP contribution in [0.1, 0.15) is 21.5 Å². The molecule has 0 unspecified atom stereocenters. The quantitative estimate of drug-likeness (QED) is 0.438. The maximum atomic E-state index is 12.4. The predicted octanol–water partition coefficient (Wildman–Crippen LogP) is 3.16. The predicted molar refractivity (Wildman–Crippen MR) is 111 cm³/mol. The lowest BCUT2D eigenvalue weighted by atomic mass is 10.0. The van der Waals surface area contributed by atoms with Crippen molar-refractivity contribution in [3.05, 3.63) is 102 Å². The van der Waals surface area contributed by atoms with E-state index in [1.54, 1.807) is 48.5 Å². The van der Waals surface area contributed by atoms with Crippen molar-refractivity contribution < 1.29 is 23.9 Å². The molecule has 0 aliphatic carbocycles. The molecule has 0 fully saturated rings. The molecule has 6 nitrogen and oxygen atoms in total. The van der Waals surface area contributed by atoms with Crippen molar-refractivity contribution in [2.45, 2.75) is 6.54 Å². The van der Waals surface area contributed by atoms with Gasteiger partial charge in [0.1, 0.15) is 5.75 Å². The molecule has 0 atom stereocenters. The first-order valence-electron chi connectivity index (χ1n) is 9.40. The highest BCUT2D eigenvalue weighted by atomic mass is 16.6. The number of ether oxygens (including phenoxy) is 2. The maximum Gasteiger partial charge on any atom is 0.344 e. The van der Waals surface area contributed by atoms with E-state index in [1.807, 2.05) is 36.4 Å². The van der Waals surface area contributed by atoms with Crippen LogP contribution in [0.25, 0.3) is 0 Å². The topological polar surface area (TPSA) is 81.7 Å². The molecule has 3 aromatic carbocycles. The Balaban J connectivity index is 1.39. The highest BCUT2D eigenvalue weighted by molar-refractivity contribution is 6.08. The highest BCUT2D eigenvalue weighted by Crippen LogP contribution is 2.15. The summed E-state index contributed by atoms with van der Waals surface area (Å²) in [6, 6.07) is 24.9. The summed E-state index contributed by atoms with van der Waals surface area (Å²) in [5.41, 5.74) is 2.07. The van der Waals surface area contributed by atoms with Crippen molar-refractivity contribution in [1.29, 1.82) is 0 Å². The van der Waals surface area contributed by atoms with Crippen molar-refractivity contribution in [2.24, 2.45) is 0 Å². The molecule has 0 saturated heterocycles. The highest BCUT2D eigenvalue weighted by Gasteiger charge is 2.10. The Kier molecular flexibility index (Phi) is 7.33. The summed E-state index contributed by atoms with van der Waals surface area (Å²) in [4.78, 5) is 35.9. The van der Waals surface area contributed by atoms with Gasteiger partial charge in [0, 0.05) is 17.7 Å². The number of hydrogen-bond donors (Lipinski definition) is 1. The van der Waals surface area contributed by atoms with Crippen LogP contribution >= 0.6 is 0 Å². The molecule has 1 amide bonds. The van der Waals surface area contributed by atoms with Gasteiger partial charge < -0.3 is 14.8 Å². The van der Waals surface area contributed by atoms with Crippen LogP contribution < -0.4 is 10.1 Å². The van der Waals surface area contributed by atoms with E-state index in [-0.39, 0.29) is 19.0 Å². The van der Waals surface area contributed by atoms with Crippen LogP contribution in [-0.4, -0.2) is 30.9 Å².